The van der Waals surface area contributed by atoms with Gasteiger partial charge in [0.05, 0.1) is 11.8 Å². The molecule has 1 N–H and O–H groups in total. The van der Waals surface area contributed by atoms with Crippen molar-refractivity contribution >= 4 is 5.95 Å². The Morgan fingerprint density at radius 1 is 1.08 bits per heavy atom. The van der Waals surface area contributed by atoms with Gasteiger partial charge in [0.15, 0.2) is 0 Å². The molecule has 0 bridgehead atoms. The molecule has 1 aliphatic heterocycles. The summed E-state index contributed by atoms with van der Waals surface area (Å²) in [5.74, 6) is 0.368. The predicted octanol–water partition coefficient (Wildman–Crippen LogP) is 3.13. The number of nitrogens with one attached hydrogen (secondary N) is 1. The number of para-hydroxylation sites is 1. The van der Waals surface area contributed by atoms with Gasteiger partial charge in [0.25, 0.3) is 0 Å². The summed E-state index contributed by atoms with van der Waals surface area (Å²) in [6, 6.07) is 16.4. The summed E-state index contributed by atoms with van der Waals surface area (Å²) in [6.07, 6.45) is 1.57. The summed E-state index contributed by atoms with van der Waals surface area (Å²) in [4.78, 5) is 0. The fourth-order valence-electron chi connectivity index (χ4n) is 3.04. The highest BCUT2D eigenvalue weighted by atomic mass is 19.1. The van der Waals surface area contributed by atoms with Gasteiger partial charge < -0.3 is 10.1 Å². The Morgan fingerprint density at radius 2 is 1.88 bits per heavy atom. The van der Waals surface area contributed by atoms with Crippen molar-refractivity contribution in [2.45, 2.75) is 25.0 Å². The first-order valence-electron chi connectivity index (χ1n) is 8.27. The molecule has 2 atom stereocenters. The zero-order chi connectivity index (χ0) is 17.1. The summed E-state index contributed by atoms with van der Waals surface area (Å²) in [6.45, 7) is 0.632. The number of aromatic nitrogens is 4. The van der Waals surface area contributed by atoms with Gasteiger partial charge >= 0.3 is 0 Å². The lowest BCUT2D eigenvalue weighted by Crippen LogP contribution is -2.31. The van der Waals surface area contributed by atoms with E-state index in [9.17, 15) is 4.39 Å². The van der Waals surface area contributed by atoms with E-state index in [1.807, 2.05) is 30.3 Å². The largest absolute Gasteiger partial charge is 0.373 e. The van der Waals surface area contributed by atoms with Crippen LogP contribution in [0, 0.1) is 5.82 Å². The van der Waals surface area contributed by atoms with E-state index < -0.39 is 0 Å². The maximum absolute atomic E-state index is 13.1. The normalized spacial score (nSPS) is 20.4. The van der Waals surface area contributed by atoms with Gasteiger partial charge in [-0.25, -0.2) is 4.39 Å². The van der Waals surface area contributed by atoms with E-state index in [2.05, 4.69) is 20.8 Å². The molecule has 4 rings (SSSR count). The van der Waals surface area contributed by atoms with E-state index in [-0.39, 0.29) is 18.0 Å². The molecular formula is C18H18FN5O. The van der Waals surface area contributed by atoms with Crippen molar-refractivity contribution < 1.29 is 9.13 Å². The standard InChI is InChI=1S/C18H18FN5O/c19-14-8-6-13(7-9-14)17-12-15(10-11-25-17)20-18-21-22-23-24(18)16-4-2-1-3-5-16/h1-9,15,17H,10-12H2,(H,20,21,23)/t15-,17-/m1/s1. The Bertz CT molecular complexity index is 821. The third kappa shape index (κ3) is 3.51. The Kier molecular flexibility index (Phi) is 4.39. The second-order valence-electron chi connectivity index (χ2n) is 6.03. The van der Waals surface area contributed by atoms with E-state index in [1.54, 1.807) is 16.8 Å². The minimum Gasteiger partial charge on any atom is -0.373 e. The molecule has 7 heteroatoms. The van der Waals surface area contributed by atoms with Crippen molar-refractivity contribution in [3.63, 3.8) is 0 Å². The van der Waals surface area contributed by atoms with Crippen molar-refractivity contribution in [2.24, 2.45) is 0 Å². The molecule has 1 aliphatic rings. The number of ether oxygens (including phenoxy) is 1. The molecular weight excluding hydrogens is 321 g/mol. The highest BCUT2D eigenvalue weighted by Gasteiger charge is 2.25. The molecule has 1 aromatic heterocycles. The van der Waals surface area contributed by atoms with Gasteiger partial charge in [-0.2, -0.15) is 4.68 Å². The molecule has 25 heavy (non-hydrogen) atoms. The van der Waals surface area contributed by atoms with Crippen molar-refractivity contribution in [3.05, 3.63) is 66.0 Å². The van der Waals surface area contributed by atoms with Gasteiger partial charge in [0.1, 0.15) is 5.82 Å². The van der Waals surface area contributed by atoms with Crippen molar-refractivity contribution in [1.82, 2.24) is 20.2 Å². The van der Waals surface area contributed by atoms with Crippen LogP contribution in [0.25, 0.3) is 5.69 Å². The van der Waals surface area contributed by atoms with Crippen LogP contribution < -0.4 is 5.32 Å². The molecule has 0 saturated carbocycles. The number of benzene rings is 2. The van der Waals surface area contributed by atoms with Crippen molar-refractivity contribution in [1.29, 1.82) is 0 Å². The van der Waals surface area contributed by atoms with Crippen LogP contribution in [0.5, 0.6) is 0 Å². The molecule has 2 aromatic carbocycles. The van der Waals surface area contributed by atoms with E-state index in [1.165, 1.54) is 12.1 Å². The zero-order valence-corrected chi connectivity index (χ0v) is 13.5. The van der Waals surface area contributed by atoms with Gasteiger partial charge in [-0.1, -0.05) is 35.4 Å². The van der Waals surface area contributed by atoms with Gasteiger partial charge in [0, 0.05) is 12.6 Å². The van der Waals surface area contributed by atoms with Crippen molar-refractivity contribution in [2.75, 3.05) is 11.9 Å². The average molecular weight is 339 g/mol. The Hall–Kier alpha value is -2.80. The van der Waals surface area contributed by atoms with E-state index in [0.717, 1.165) is 24.1 Å². The number of hydrogen-bond donors (Lipinski definition) is 1. The van der Waals surface area contributed by atoms with E-state index in [4.69, 9.17) is 4.74 Å². The van der Waals surface area contributed by atoms with Crippen LogP contribution in [0.15, 0.2) is 54.6 Å². The minimum absolute atomic E-state index is 0.0621. The lowest BCUT2D eigenvalue weighted by atomic mass is 9.97. The second-order valence-corrected chi connectivity index (χ2v) is 6.03. The summed E-state index contributed by atoms with van der Waals surface area (Å²) < 4.78 is 20.6. The maximum atomic E-state index is 13.1. The lowest BCUT2D eigenvalue weighted by molar-refractivity contribution is 0.00963. The van der Waals surface area contributed by atoms with Crippen LogP contribution in [0.1, 0.15) is 24.5 Å². The van der Waals surface area contributed by atoms with Crippen LogP contribution >= 0.6 is 0 Å². The highest BCUT2D eigenvalue weighted by Crippen LogP contribution is 2.29. The van der Waals surface area contributed by atoms with Crippen LogP contribution in [0.3, 0.4) is 0 Å². The third-order valence-corrected chi connectivity index (χ3v) is 4.33. The van der Waals surface area contributed by atoms with Gasteiger partial charge in [-0.3, -0.25) is 0 Å². The summed E-state index contributed by atoms with van der Waals surface area (Å²) in [7, 11) is 0. The Labute approximate surface area is 144 Å². The molecule has 0 unspecified atom stereocenters. The summed E-state index contributed by atoms with van der Waals surface area (Å²) in [5, 5.41) is 15.3. The van der Waals surface area contributed by atoms with E-state index in [0.29, 0.717) is 12.6 Å². The molecule has 2 heterocycles. The molecule has 1 fully saturated rings. The number of anilines is 1. The van der Waals surface area contributed by atoms with Gasteiger partial charge in [0.2, 0.25) is 5.95 Å². The topological polar surface area (TPSA) is 64.9 Å². The summed E-state index contributed by atoms with van der Waals surface area (Å²) >= 11 is 0. The fourth-order valence-corrected chi connectivity index (χ4v) is 3.04. The summed E-state index contributed by atoms with van der Waals surface area (Å²) in [5.41, 5.74) is 1.88. The van der Waals surface area contributed by atoms with Crippen LogP contribution in [0.4, 0.5) is 10.3 Å². The molecule has 0 radical (unpaired) electrons. The Balaban J connectivity index is 1.48. The number of rotatable bonds is 4. The number of tetrazole rings is 1. The number of nitrogens with zero attached hydrogens (tertiary/aromatic N) is 4. The predicted molar refractivity (Wildman–Crippen MR) is 90.9 cm³/mol. The monoisotopic (exact) mass is 339 g/mol. The van der Waals surface area contributed by atoms with Crippen molar-refractivity contribution in [3.8, 4) is 5.69 Å². The molecule has 6 nitrogen and oxygen atoms in total. The minimum atomic E-state index is -0.240. The lowest BCUT2D eigenvalue weighted by Gasteiger charge is -2.30. The highest BCUT2D eigenvalue weighted by molar-refractivity contribution is 5.39. The number of halogens is 1. The van der Waals surface area contributed by atoms with Gasteiger partial charge in [-0.05, 0) is 53.1 Å². The first-order valence-corrected chi connectivity index (χ1v) is 8.27. The molecule has 1 saturated heterocycles. The number of hydrogen-bond acceptors (Lipinski definition) is 5. The molecule has 0 amide bonds. The molecule has 3 aromatic rings. The van der Waals surface area contributed by atoms with Gasteiger partial charge in [-0.15, -0.1) is 0 Å². The molecule has 128 valence electrons. The zero-order valence-electron chi connectivity index (χ0n) is 13.5. The molecule has 0 spiro atoms. The smallest absolute Gasteiger partial charge is 0.247 e. The third-order valence-electron chi connectivity index (χ3n) is 4.33. The fraction of sp³-hybridized carbons (Fsp3) is 0.278. The first kappa shape index (κ1) is 15.7. The average Bonchev–Trinajstić information content (AvgIpc) is 3.11. The van der Waals surface area contributed by atoms with E-state index >= 15 is 0 Å². The quantitative estimate of drug-likeness (QED) is 0.791. The first-order chi connectivity index (χ1) is 12.3. The van der Waals surface area contributed by atoms with Crippen LogP contribution in [-0.2, 0) is 4.74 Å². The van der Waals surface area contributed by atoms with Crippen LogP contribution in [-0.4, -0.2) is 32.9 Å². The maximum Gasteiger partial charge on any atom is 0.247 e. The van der Waals surface area contributed by atoms with Crippen LogP contribution in [0.2, 0.25) is 0 Å². The molecule has 0 aliphatic carbocycles. The SMILES string of the molecule is Fc1ccc([C@H]2C[C@H](Nc3nnnn3-c3ccccc3)CCO2)cc1. The second kappa shape index (κ2) is 6.98. The Morgan fingerprint density at radius 3 is 2.68 bits per heavy atom.